The fourth-order valence-corrected chi connectivity index (χ4v) is 10.5. The summed E-state index contributed by atoms with van der Waals surface area (Å²) in [6.45, 7) is 4.94. The average molecular weight is 1020 g/mol. The third-order valence-electron chi connectivity index (χ3n) is 15.6. The monoisotopic (exact) mass is 1020 g/mol. The standard InChI is InChI=1S/C66H129NO5/c1-3-5-7-9-11-13-15-17-19-21-23-24-25-26-27-28-29-30-32-34-38-42-46-50-54-58-64(69)63(62-68)67-65(70)59-55-51-47-43-39-36-37-41-45-49-53-57-61-72-66(71)60-56-52-48-44-40-35-33-31-22-20-18-16-14-12-10-8-6-4-2/h37,41,63-64,68-69H,3-36,38-40,42-62H2,1-2H3,(H,67,70)/b41-37-. The molecule has 72 heavy (non-hydrogen) atoms. The first kappa shape index (κ1) is 70.6. The van der Waals surface area contributed by atoms with Crippen LogP contribution in [-0.2, 0) is 14.3 Å². The van der Waals surface area contributed by atoms with E-state index in [2.05, 4.69) is 31.3 Å². The SMILES string of the molecule is CCCCCCCCCCCCCCCCCCCCCCCCCCCC(O)C(CO)NC(=O)CCCCCCC/C=C\CCCCCOC(=O)CCCCCCCCCCCCCCCCCCCC. The van der Waals surface area contributed by atoms with Gasteiger partial charge in [0.05, 0.1) is 25.4 Å². The fraction of sp³-hybridized carbons (Fsp3) is 0.939. The van der Waals surface area contributed by atoms with Crippen molar-refractivity contribution in [3.05, 3.63) is 12.2 Å². The molecule has 0 rings (SSSR count). The largest absolute Gasteiger partial charge is 0.466 e. The molecule has 6 nitrogen and oxygen atoms in total. The van der Waals surface area contributed by atoms with Crippen LogP contribution in [-0.4, -0.2) is 47.4 Å². The Morgan fingerprint density at radius 3 is 0.986 bits per heavy atom. The van der Waals surface area contributed by atoms with Crippen LogP contribution >= 0.6 is 0 Å². The van der Waals surface area contributed by atoms with E-state index in [1.807, 2.05) is 0 Å². The summed E-state index contributed by atoms with van der Waals surface area (Å²) >= 11 is 0. The van der Waals surface area contributed by atoms with Crippen molar-refractivity contribution in [2.45, 2.75) is 386 Å². The first-order valence-electron chi connectivity index (χ1n) is 32.9. The molecule has 0 saturated heterocycles. The molecule has 0 aromatic rings. The van der Waals surface area contributed by atoms with Gasteiger partial charge in [-0.1, -0.05) is 315 Å². The summed E-state index contributed by atoms with van der Waals surface area (Å²) in [7, 11) is 0. The van der Waals surface area contributed by atoms with E-state index in [0.717, 1.165) is 77.0 Å². The number of allylic oxidation sites excluding steroid dienone is 2. The lowest BCUT2D eigenvalue weighted by Gasteiger charge is -2.22. The molecule has 6 heteroatoms. The van der Waals surface area contributed by atoms with Gasteiger partial charge < -0.3 is 20.3 Å². The highest BCUT2D eigenvalue weighted by Gasteiger charge is 2.20. The van der Waals surface area contributed by atoms with Crippen molar-refractivity contribution >= 4 is 11.9 Å². The van der Waals surface area contributed by atoms with E-state index < -0.39 is 12.1 Å². The zero-order valence-electron chi connectivity index (χ0n) is 48.9. The van der Waals surface area contributed by atoms with Gasteiger partial charge in [-0.25, -0.2) is 0 Å². The highest BCUT2D eigenvalue weighted by atomic mass is 16.5. The van der Waals surface area contributed by atoms with Crippen LogP contribution in [0.2, 0.25) is 0 Å². The topological polar surface area (TPSA) is 95.9 Å². The second-order valence-electron chi connectivity index (χ2n) is 22.8. The van der Waals surface area contributed by atoms with Gasteiger partial charge in [0, 0.05) is 12.8 Å². The molecule has 0 saturated carbocycles. The summed E-state index contributed by atoms with van der Waals surface area (Å²) in [6.07, 6.45) is 75.2. The highest BCUT2D eigenvalue weighted by molar-refractivity contribution is 5.76. The number of carbonyl (C=O) groups is 2. The third kappa shape index (κ3) is 57.9. The number of amides is 1. The summed E-state index contributed by atoms with van der Waals surface area (Å²) < 4.78 is 5.48. The second-order valence-corrected chi connectivity index (χ2v) is 22.8. The summed E-state index contributed by atoms with van der Waals surface area (Å²) in [5.74, 6) is -0.0724. The van der Waals surface area contributed by atoms with Gasteiger partial charge in [0.15, 0.2) is 0 Å². The maximum Gasteiger partial charge on any atom is 0.305 e. The zero-order valence-corrected chi connectivity index (χ0v) is 48.9. The molecule has 0 aliphatic rings. The number of unbranched alkanes of at least 4 members (excludes halogenated alkanes) is 49. The van der Waals surface area contributed by atoms with E-state index in [1.54, 1.807) is 0 Å². The maximum atomic E-state index is 12.5. The van der Waals surface area contributed by atoms with Crippen LogP contribution in [0.1, 0.15) is 373 Å². The van der Waals surface area contributed by atoms with Crippen LogP contribution in [0.5, 0.6) is 0 Å². The molecule has 0 aromatic heterocycles. The lowest BCUT2D eigenvalue weighted by molar-refractivity contribution is -0.143. The number of esters is 1. The van der Waals surface area contributed by atoms with Crippen LogP contribution in [0.25, 0.3) is 0 Å². The van der Waals surface area contributed by atoms with Crippen molar-refractivity contribution < 1.29 is 24.5 Å². The Balaban J connectivity index is 3.45. The van der Waals surface area contributed by atoms with Crippen LogP contribution in [0.15, 0.2) is 12.2 Å². The van der Waals surface area contributed by atoms with Crippen LogP contribution in [0, 0.1) is 0 Å². The maximum absolute atomic E-state index is 12.5. The van der Waals surface area contributed by atoms with Gasteiger partial charge in [-0.3, -0.25) is 9.59 Å². The molecule has 1 amide bonds. The number of rotatable bonds is 62. The molecular weight excluding hydrogens is 887 g/mol. The minimum Gasteiger partial charge on any atom is -0.466 e. The molecule has 0 aliphatic heterocycles. The van der Waals surface area contributed by atoms with E-state index in [1.165, 1.54) is 263 Å². The van der Waals surface area contributed by atoms with Gasteiger partial charge in [-0.15, -0.1) is 0 Å². The lowest BCUT2D eigenvalue weighted by Crippen LogP contribution is -2.45. The Bertz CT molecular complexity index is 1080. The molecule has 0 aliphatic carbocycles. The van der Waals surface area contributed by atoms with Gasteiger partial charge in [0.1, 0.15) is 0 Å². The van der Waals surface area contributed by atoms with E-state index in [-0.39, 0.29) is 18.5 Å². The summed E-state index contributed by atoms with van der Waals surface area (Å²) in [4.78, 5) is 24.6. The molecule has 2 unspecified atom stereocenters. The summed E-state index contributed by atoms with van der Waals surface area (Å²) in [5, 5.41) is 23.4. The molecule has 0 bridgehead atoms. The molecular formula is C66H129NO5. The molecule has 0 spiro atoms. The van der Waals surface area contributed by atoms with E-state index >= 15 is 0 Å². The minimum absolute atomic E-state index is 0.0168. The molecule has 3 N–H and O–H groups in total. The average Bonchev–Trinajstić information content (AvgIpc) is 3.38. The molecule has 428 valence electrons. The van der Waals surface area contributed by atoms with Crippen molar-refractivity contribution in [1.29, 1.82) is 0 Å². The number of aliphatic hydroxyl groups is 2. The Kier molecular flexibility index (Phi) is 60.9. The molecule has 0 radical (unpaired) electrons. The third-order valence-corrected chi connectivity index (χ3v) is 15.6. The Morgan fingerprint density at radius 2 is 0.653 bits per heavy atom. The number of carbonyl (C=O) groups excluding carboxylic acids is 2. The quantitative estimate of drug-likeness (QED) is 0.0320. The summed E-state index contributed by atoms with van der Waals surface area (Å²) in [5.41, 5.74) is 0. The van der Waals surface area contributed by atoms with Crippen molar-refractivity contribution in [1.82, 2.24) is 5.32 Å². The van der Waals surface area contributed by atoms with E-state index in [0.29, 0.717) is 25.9 Å². The van der Waals surface area contributed by atoms with Crippen LogP contribution in [0.3, 0.4) is 0 Å². The first-order valence-corrected chi connectivity index (χ1v) is 32.9. The van der Waals surface area contributed by atoms with Gasteiger partial charge in [-0.05, 0) is 57.8 Å². The molecule has 0 heterocycles. The van der Waals surface area contributed by atoms with Gasteiger partial charge >= 0.3 is 5.97 Å². The van der Waals surface area contributed by atoms with Gasteiger partial charge in [0.25, 0.3) is 0 Å². The fourth-order valence-electron chi connectivity index (χ4n) is 10.5. The van der Waals surface area contributed by atoms with E-state index in [4.69, 9.17) is 4.74 Å². The Morgan fingerprint density at radius 1 is 0.375 bits per heavy atom. The molecule has 0 aromatic carbocycles. The zero-order chi connectivity index (χ0) is 52.2. The number of aliphatic hydroxyl groups excluding tert-OH is 2. The highest BCUT2D eigenvalue weighted by Crippen LogP contribution is 2.19. The number of hydrogen-bond acceptors (Lipinski definition) is 5. The Hall–Kier alpha value is -1.40. The van der Waals surface area contributed by atoms with Crippen molar-refractivity contribution in [2.24, 2.45) is 0 Å². The number of ether oxygens (including phenoxy) is 1. The van der Waals surface area contributed by atoms with E-state index in [9.17, 15) is 19.8 Å². The molecule has 2 atom stereocenters. The van der Waals surface area contributed by atoms with Gasteiger partial charge in [0.2, 0.25) is 5.91 Å². The van der Waals surface area contributed by atoms with Crippen molar-refractivity contribution in [2.75, 3.05) is 13.2 Å². The van der Waals surface area contributed by atoms with Crippen LogP contribution in [0.4, 0.5) is 0 Å². The van der Waals surface area contributed by atoms with Gasteiger partial charge in [-0.2, -0.15) is 0 Å². The Labute approximate surface area is 450 Å². The lowest BCUT2D eigenvalue weighted by atomic mass is 10.0. The summed E-state index contributed by atoms with van der Waals surface area (Å²) in [6, 6.07) is -0.561. The second kappa shape index (κ2) is 62.1. The normalized spacial score (nSPS) is 12.6. The van der Waals surface area contributed by atoms with Crippen molar-refractivity contribution in [3.63, 3.8) is 0 Å². The number of hydrogen-bond donors (Lipinski definition) is 3. The minimum atomic E-state index is -0.681. The molecule has 0 fully saturated rings. The first-order chi connectivity index (χ1) is 35.5. The smallest absolute Gasteiger partial charge is 0.305 e. The number of nitrogens with one attached hydrogen (secondary N) is 1. The van der Waals surface area contributed by atoms with Crippen molar-refractivity contribution in [3.8, 4) is 0 Å². The predicted octanol–water partition coefficient (Wildman–Crippen LogP) is 20.8. The van der Waals surface area contributed by atoms with Crippen LogP contribution < -0.4 is 5.32 Å². The predicted molar refractivity (Wildman–Crippen MR) is 315 cm³/mol.